The van der Waals surface area contributed by atoms with Gasteiger partial charge in [-0.25, -0.2) is 4.39 Å². The van der Waals surface area contributed by atoms with Crippen LogP contribution in [0.25, 0.3) is 0 Å². The Balaban J connectivity index is 2.83. The molecule has 3 nitrogen and oxygen atoms in total. The van der Waals surface area contributed by atoms with Crippen LogP contribution in [-0.4, -0.2) is 18.9 Å². The van der Waals surface area contributed by atoms with Crippen LogP contribution in [-0.2, 0) is 4.79 Å². The number of amides is 1. The number of methoxy groups -OCH3 is 1. The number of carbonyl (C=O) groups excluding carboxylic acids is 1. The average Bonchev–Trinajstić information content (AvgIpc) is 2.29. The first-order valence-corrected chi connectivity index (χ1v) is 5.65. The molecule has 0 saturated heterocycles. The second kappa shape index (κ2) is 5.36. The van der Waals surface area contributed by atoms with Gasteiger partial charge in [0.25, 0.3) is 0 Å². The normalized spacial score (nSPS) is 11.1. The van der Waals surface area contributed by atoms with Crippen molar-refractivity contribution in [2.24, 2.45) is 5.41 Å². The van der Waals surface area contributed by atoms with E-state index in [1.165, 1.54) is 19.2 Å². The van der Waals surface area contributed by atoms with E-state index in [1.54, 1.807) is 19.9 Å². The molecule has 0 saturated carbocycles. The summed E-state index contributed by atoms with van der Waals surface area (Å²) in [5.41, 5.74) is -0.315. The number of halogens is 2. The Morgan fingerprint density at radius 3 is 2.65 bits per heavy atom. The van der Waals surface area contributed by atoms with Crippen LogP contribution in [0.1, 0.15) is 13.8 Å². The Hall–Kier alpha value is -1.29. The number of nitrogens with one attached hydrogen (secondary N) is 1. The molecule has 0 fully saturated rings. The molecule has 0 aromatic heterocycles. The summed E-state index contributed by atoms with van der Waals surface area (Å²) in [6, 6.07) is 4.24. The zero-order chi connectivity index (χ0) is 13.1. The quantitative estimate of drug-likeness (QED) is 0.844. The second-order valence-electron chi connectivity index (χ2n) is 4.32. The summed E-state index contributed by atoms with van der Waals surface area (Å²) < 4.78 is 18.2. The van der Waals surface area contributed by atoms with Crippen molar-refractivity contribution >= 4 is 23.2 Å². The van der Waals surface area contributed by atoms with E-state index >= 15 is 0 Å². The number of carbonyl (C=O) groups is 1. The summed E-state index contributed by atoms with van der Waals surface area (Å²) >= 11 is 5.68. The van der Waals surface area contributed by atoms with Gasteiger partial charge in [0.05, 0.1) is 12.5 Å². The van der Waals surface area contributed by atoms with Gasteiger partial charge in [-0.2, -0.15) is 0 Å². The predicted octanol–water partition coefficient (Wildman–Crippen LogP) is 3.04. The lowest BCUT2D eigenvalue weighted by atomic mass is 9.95. The second-order valence-corrected chi connectivity index (χ2v) is 4.59. The molecule has 0 radical (unpaired) electrons. The van der Waals surface area contributed by atoms with Crippen molar-refractivity contribution in [1.29, 1.82) is 0 Å². The predicted molar refractivity (Wildman–Crippen MR) is 66.1 cm³/mol. The van der Waals surface area contributed by atoms with Gasteiger partial charge in [-0.05, 0) is 26.0 Å². The number of alkyl halides is 1. The fraction of sp³-hybridized carbons (Fsp3) is 0.417. The molecule has 0 bridgehead atoms. The molecule has 0 atom stereocenters. The lowest BCUT2D eigenvalue weighted by Gasteiger charge is -2.20. The van der Waals surface area contributed by atoms with Crippen LogP contribution < -0.4 is 10.1 Å². The maximum atomic E-state index is 13.4. The van der Waals surface area contributed by atoms with E-state index in [2.05, 4.69) is 5.32 Å². The fourth-order valence-electron chi connectivity index (χ4n) is 1.11. The van der Waals surface area contributed by atoms with Gasteiger partial charge in [-0.15, -0.1) is 11.6 Å². The minimum absolute atomic E-state index is 0.139. The Bertz CT molecular complexity index is 421. The minimum Gasteiger partial charge on any atom is -0.494 e. The van der Waals surface area contributed by atoms with Gasteiger partial charge >= 0.3 is 0 Å². The number of hydrogen-bond donors (Lipinski definition) is 1. The lowest BCUT2D eigenvalue weighted by Crippen LogP contribution is -2.32. The molecule has 94 valence electrons. The van der Waals surface area contributed by atoms with E-state index in [-0.39, 0.29) is 17.5 Å². The van der Waals surface area contributed by atoms with E-state index in [1.807, 2.05) is 0 Å². The number of rotatable bonds is 4. The van der Waals surface area contributed by atoms with Crippen LogP contribution in [0.2, 0.25) is 0 Å². The Morgan fingerprint density at radius 2 is 2.18 bits per heavy atom. The Kier molecular flexibility index (Phi) is 4.34. The molecular weight excluding hydrogens is 245 g/mol. The minimum atomic E-state index is -0.696. The zero-order valence-corrected chi connectivity index (χ0v) is 10.8. The molecule has 0 unspecified atom stereocenters. The first-order chi connectivity index (χ1) is 7.90. The van der Waals surface area contributed by atoms with Gasteiger partial charge in [-0.3, -0.25) is 4.79 Å². The molecule has 1 N–H and O–H groups in total. The maximum Gasteiger partial charge on any atom is 0.231 e. The summed E-state index contributed by atoms with van der Waals surface area (Å²) in [4.78, 5) is 11.8. The van der Waals surface area contributed by atoms with E-state index in [9.17, 15) is 9.18 Å². The van der Waals surface area contributed by atoms with Crippen LogP contribution in [0.4, 0.5) is 10.1 Å². The van der Waals surface area contributed by atoms with E-state index in [0.717, 1.165) is 0 Å². The van der Waals surface area contributed by atoms with Gasteiger partial charge in [0.1, 0.15) is 0 Å². The molecule has 0 spiro atoms. The monoisotopic (exact) mass is 259 g/mol. The van der Waals surface area contributed by atoms with Gasteiger partial charge in [0.15, 0.2) is 11.6 Å². The molecule has 0 aliphatic rings. The number of hydrogen-bond acceptors (Lipinski definition) is 2. The Morgan fingerprint density at radius 1 is 1.53 bits per heavy atom. The van der Waals surface area contributed by atoms with Crippen molar-refractivity contribution in [2.45, 2.75) is 13.8 Å². The van der Waals surface area contributed by atoms with Crippen molar-refractivity contribution in [1.82, 2.24) is 0 Å². The van der Waals surface area contributed by atoms with Gasteiger partial charge < -0.3 is 10.1 Å². The smallest absolute Gasteiger partial charge is 0.231 e. The average molecular weight is 260 g/mol. The van der Waals surface area contributed by atoms with Crippen LogP contribution in [0.5, 0.6) is 5.75 Å². The highest BCUT2D eigenvalue weighted by molar-refractivity contribution is 6.20. The van der Waals surface area contributed by atoms with E-state index in [0.29, 0.717) is 5.69 Å². The number of anilines is 1. The summed E-state index contributed by atoms with van der Waals surface area (Å²) in [5.74, 6) is -0.442. The third-order valence-corrected chi connectivity index (χ3v) is 3.03. The molecule has 1 rings (SSSR count). The maximum absolute atomic E-state index is 13.4. The van der Waals surface area contributed by atoms with Crippen molar-refractivity contribution in [3.63, 3.8) is 0 Å². The zero-order valence-electron chi connectivity index (χ0n) is 10.0. The van der Waals surface area contributed by atoms with Crippen molar-refractivity contribution < 1.29 is 13.9 Å². The summed E-state index contributed by atoms with van der Waals surface area (Å²) in [5, 5.41) is 2.61. The summed E-state index contributed by atoms with van der Waals surface area (Å²) in [6.07, 6.45) is 0. The third kappa shape index (κ3) is 3.33. The van der Waals surface area contributed by atoms with Crippen molar-refractivity contribution in [3.8, 4) is 5.75 Å². The Labute approximate surface area is 105 Å². The van der Waals surface area contributed by atoms with Crippen LogP contribution in [0.3, 0.4) is 0 Å². The van der Waals surface area contributed by atoms with Gasteiger partial charge in [-0.1, -0.05) is 0 Å². The first-order valence-electron chi connectivity index (χ1n) is 5.11. The highest BCUT2D eigenvalue weighted by Gasteiger charge is 2.26. The highest BCUT2D eigenvalue weighted by Crippen LogP contribution is 2.23. The SMILES string of the molecule is COc1ccc(NC(=O)C(C)(C)CCl)cc1F. The standard InChI is InChI=1S/C12H15ClFNO2/c1-12(2,7-13)11(16)15-8-4-5-10(17-3)9(14)6-8/h4-6H,7H2,1-3H3,(H,15,16). The molecular formula is C12H15ClFNO2. The van der Waals surface area contributed by atoms with Gasteiger partial charge in [0, 0.05) is 17.6 Å². The van der Waals surface area contributed by atoms with Crippen LogP contribution in [0, 0.1) is 11.2 Å². The first kappa shape index (κ1) is 13.8. The van der Waals surface area contributed by atoms with E-state index in [4.69, 9.17) is 16.3 Å². The summed E-state index contributed by atoms with van der Waals surface area (Å²) in [7, 11) is 1.38. The topological polar surface area (TPSA) is 38.3 Å². The third-order valence-electron chi connectivity index (χ3n) is 2.36. The molecule has 17 heavy (non-hydrogen) atoms. The number of benzene rings is 1. The molecule has 1 aromatic carbocycles. The van der Waals surface area contributed by atoms with Gasteiger partial charge in [0.2, 0.25) is 5.91 Å². The summed E-state index contributed by atoms with van der Waals surface area (Å²) in [6.45, 7) is 3.43. The molecule has 0 aliphatic heterocycles. The lowest BCUT2D eigenvalue weighted by molar-refractivity contribution is -0.122. The van der Waals surface area contributed by atoms with Crippen LogP contribution >= 0.6 is 11.6 Å². The van der Waals surface area contributed by atoms with E-state index < -0.39 is 11.2 Å². The van der Waals surface area contributed by atoms with Crippen LogP contribution in [0.15, 0.2) is 18.2 Å². The molecule has 1 amide bonds. The molecule has 1 aromatic rings. The molecule has 0 heterocycles. The van der Waals surface area contributed by atoms with Crippen molar-refractivity contribution in [2.75, 3.05) is 18.3 Å². The number of ether oxygens (including phenoxy) is 1. The molecule has 5 heteroatoms. The van der Waals surface area contributed by atoms with Crippen molar-refractivity contribution in [3.05, 3.63) is 24.0 Å². The fourth-order valence-corrected chi connectivity index (χ4v) is 1.23. The largest absolute Gasteiger partial charge is 0.494 e. The molecule has 0 aliphatic carbocycles. The highest BCUT2D eigenvalue weighted by atomic mass is 35.5.